The Morgan fingerprint density at radius 2 is 2.00 bits per heavy atom. The molecule has 5 fully saturated rings. The number of aromatic nitrogens is 4. The van der Waals surface area contributed by atoms with E-state index in [-0.39, 0.29) is 11.8 Å². The lowest BCUT2D eigenvalue weighted by atomic mass is 10.0. The zero-order valence-corrected chi connectivity index (χ0v) is 23.9. The number of ether oxygens (including phenoxy) is 1. The lowest BCUT2D eigenvalue weighted by molar-refractivity contribution is 0.0775. The van der Waals surface area contributed by atoms with Gasteiger partial charge in [-0.2, -0.15) is 5.10 Å². The quantitative estimate of drug-likeness (QED) is 0.311. The Balaban J connectivity index is 1.10. The van der Waals surface area contributed by atoms with Crippen molar-refractivity contribution in [1.82, 2.24) is 34.3 Å². The van der Waals surface area contributed by atoms with E-state index < -0.39 is 0 Å². The van der Waals surface area contributed by atoms with Gasteiger partial charge in [-0.15, -0.1) is 0 Å². The average molecular weight is 572 g/mol. The second-order valence-electron chi connectivity index (χ2n) is 12.7. The summed E-state index contributed by atoms with van der Waals surface area (Å²) in [6, 6.07) is 15.3. The first kappa shape index (κ1) is 23.8. The smallest absolute Gasteiger partial charge is 0.256 e. The second kappa shape index (κ2) is 8.02. The van der Waals surface area contributed by atoms with Crippen LogP contribution in [-0.4, -0.2) is 72.7 Å². The molecule has 4 atom stereocenters. The van der Waals surface area contributed by atoms with Gasteiger partial charge in [-0.25, -0.2) is 9.50 Å². The molecule has 5 aromatic rings. The number of aryl methyl sites for hydroxylation is 1. The molecule has 10 heteroatoms. The van der Waals surface area contributed by atoms with E-state index >= 15 is 0 Å². The Kier molecular flexibility index (Phi) is 4.44. The van der Waals surface area contributed by atoms with E-state index in [1.54, 1.807) is 7.11 Å². The number of hydrogen-bond acceptors (Lipinski definition) is 6. The van der Waals surface area contributed by atoms with Crippen LogP contribution in [0.25, 0.3) is 39.2 Å². The number of amides is 2. The number of pyridine rings is 2. The summed E-state index contributed by atoms with van der Waals surface area (Å²) in [5.41, 5.74) is 8.75. The van der Waals surface area contributed by atoms with Crippen molar-refractivity contribution in [2.75, 3.05) is 13.7 Å². The molecule has 6 aliphatic rings. The minimum absolute atomic E-state index is 0.0315. The third-order valence-electron chi connectivity index (χ3n) is 10.1. The predicted molar refractivity (Wildman–Crippen MR) is 159 cm³/mol. The maximum absolute atomic E-state index is 13.5. The standard InChI is InChI=1S/C33H29N7O3/c1-16-27(36-39-14-21(11-26(43-2)28(16)39)33(42)38-15-25-29-32(38)40(25)29)24-10-19-7-8-23(35-30(19)37(24)13-17-3-4-17)18-5-6-20-12-34-31(41)22(20)9-18/h5-11,14,17,25,29,32H,3-4,12-13,15H2,1-2H3,(H,34,41)/t25?,29-,32?,40?/m1/s1. The molecule has 43 heavy (non-hydrogen) atoms. The van der Waals surface area contributed by atoms with Crippen LogP contribution in [0.5, 0.6) is 5.75 Å². The fourth-order valence-corrected chi connectivity index (χ4v) is 7.50. The molecule has 1 aromatic carbocycles. The number of nitrogens with one attached hydrogen (secondary N) is 1. The SMILES string of the molecule is COc1cc(C(=O)N2CC3[C@@H]4C2N34)cn2nc(-c3cc4ccc(-c5ccc6c(c5)C(=O)NC6)nc4n3CC3CC3)c(C)c12. The molecular formula is C33H29N7O3. The molecule has 0 spiro atoms. The normalized spacial score (nSPS) is 24.4. The highest BCUT2D eigenvalue weighted by Crippen LogP contribution is 2.59. The molecule has 1 saturated carbocycles. The zero-order chi connectivity index (χ0) is 28.7. The zero-order valence-electron chi connectivity index (χ0n) is 23.9. The molecular weight excluding hydrogens is 542 g/mol. The van der Waals surface area contributed by atoms with Gasteiger partial charge >= 0.3 is 0 Å². The molecule has 2 amide bonds. The van der Waals surface area contributed by atoms with Crippen molar-refractivity contribution in [2.45, 2.75) is 51.1 Å². The van der Waals surface area contributed by atoms with Crippen LogP contribution in [0, 0.1) is 12.8 Å². The molecule has 3 unspecified atom stereocenters. The van der Waals surface area contributed by atoms with Gasteiger partial charge in [-0.3, -0.25) is 14.5 Å². The van der Waals surface area contributed by atoms with Crippen LogP contribution < -0.4 is 10.1 Å². The molecule has 0 radical (unpaired) electrons. The van der Waals surface area contributed by atoms with Gasteiger partial charge in [0.1, 0.15) is 28.8 Å². The van der Waals surface area contributed by atoms with Crippen LogP contribution in [-0.2, 0) is 13.1 Å². The van der Waals surface area contributed by atoms with E-state index in [0.717, 1.165) is 69.0 Å². The number of carbonyl (C=O) groups excluding carboxylic acids is 2. The summed E-state index contributed by atoms with van der Waals surface area (Å²) >= 11 is 0. The van der Waals surface area contributed by atoms with E-state index in [0.29, 0.717) is 42.0 Å². The van der Waals surface area contributed by atoms with E-state index in [2.05, 4.69) is 33.8 Å². The first-order valence-electron chi connectivity index (χ1n) is 15.1. The first-order chi connectivity index (χ1) is 21.0. The van der Waals surface area contributed by atoms with Gasteiger partial charge in [0.25, 0.3) is 11.8 Å². The third-order valence-corrected chi connectivity index (χ3v) is 10.1. The Bertz CT molecular complexity index is 2070. The fourth-order valence-electron chi connectivity index (χ4n) is 7.50. The topological polar surface area (TPSA) is 96.8 Å². The molecule has 10 nitrogen and oxygen atoms in total. The number of carbonyl (C=O) groups is 2. The minimum atomic E-state index is -0.0315. The molecule has 1 N–H and O–H groups in total. The van der Waals surface area contributed by atoms with Gasteiger partial charge in [-0.05, 0) is 61.6 Å². The number of piperazine rings is 1. The fraction of sp³-hybridized carbons (Fsp3) is 0.333. The number of methoxy groups -OCH3 is 1. The van der Waals surface area contributed by atoms with Gasteiger partial charge in [0.05, 0.1) is 30.1 Å². The number of nitrogens with zero attached hydrogens (tertiary/aromatic N) is 6. The molecule has 11 rings (SSSR count). The molecule has 2 bridgehead atoms. The highest BCUT2D eigenvalue weighted by atomic mass is 16.5. The monoisotopic (exact) mass is 571 g/mol. The summed E-state index contributed by atoms with van der Waals surface area (Å²) < 4.78 is 9.95. The third kappa shape index (κ3) is 3.27. The summed E-state index contributed by atoms with van der Waals surface area (Å²) in [5, 5.41) is 9.02. The molecule has 5 aliphatic heterocycles. The van der Waals surface area contributed by atoms with Crippen molar-refractivity contribution in [3.8, 4) is 28.4 Å². The van der Waals surface area contributed by atoms with Crippen LogP contribution >= 0.6 is 0 Å². The van der Waals surface area contributed by atoms with Crippen molar-refractivity contribution < 1.29 is 14.3 Å². The van der Waals surface area contributed by atoms with E-state index in [1.165, 1.54) is 12.8 Å². The lowest BCUT2D eigenvalue weighted by Gasteiger charge is -2.15. The van der Waals surface area contributed by atoms with Crippen molar-refractivity contribution in [2.24, 2.45) is 5.92 Å². The maximum atomic E-state index is 13.5. The Morgan fingerprint density at radius 1 is 1.14 bits per heavy atom. The first-order valence-corrected chi connectivity index (χ1v) is 15.1. The van der Waals surface area contributed by atoms with Gasteiger partial charge in [-0.1, -0.05) is 12.1 Å². The van der Waals surface area contributed by atoms with Crippen LogP contribution in [0.2, 0.25) is 0 Å². The van der Waals surface area contributed by atoms with Gasteiger partial charge in [0.15, 0.2) is 0 Å². The summed E-state index contributed by atoms with van der Waals surface area (Å²) in [5.74, 6) is 1.27. The van der Waals surface area contributed by atoms with Crippen LogP contribution in [0.4, 0.5) is 0 Å². The van der Waals surface area contributed by atoms with E-state index in [1.807, 2.05) is 45.9 Å². The Hall–Kier alpha value is -4.70. The maximum Gasteiger partial charge on any atom is 0.256 e. The van der Waals surface area contributed by atoms with Crippen molar-refractivity contribution in [1.29, 1.82) is 0 Å². The van der Waals surface area contributed by atoms with Crippen LogP contribution in [0.1, 0.15) is 44.7 Å². The molecule has 4 saturated heterocycles. The molecule has 9 heterocycles. The molecule has 1 aliphatic carbocycles. The molecule has 4 aromatic heterocycles. The number of hydrogen-bond donors (Lipinski definition) is 1. The Labute approximate surface area is 246 Å². The van der Waals surface area contributed by atoms with Gasteiger partial charge in [0, 0.05) is 53.9 Å². The summed E-state index contributed by atoms with van der Waals surface area (Å²) in [4.78, 5) is 35.3. The van der Waals surface area contributed by atoms with E-state index in [9.17, 15) is 9.59 Å². The molecule has 214 valence electrons. The highest BCUT2D eigenvalue weighted by molar-refractivity contribution is 6.00. The number of rotatable bonds is 6. The lowest BCUT2D eigenvalue weighted by Crippen LogP contribution is -2.30. The number of benzene rings is 1. The predicted octanol–water partition coefficient (Wildman–Crippen LogP) is 3.84. The minimum Gasteiger partial charge on any atom is -0.494 e. The van der Waals surface area contributed by atoms with Crippen molar-refractivity contribution in [3.05, 3.63) is 70.9 Å². The highest BCUT2D eigenvalue weighted by Gasteiger charge is 2.80. The largest absolute Gasteiger partial charge is 0.494 e. The van der Waals surface area contributed by atoms with Crippen LogP contribution in [0.15, 0.2) is 48.7 Å². The number of fused-ring (bicyclic) bond motifs is 4. The summed E-state index contributed by atoms with van der Waals surface area (Å²) in [6.45, 7) is 4.32. The van der Waals surface area contributed by atoms with E-state index in [4.69, 9.17) is 14.8 Å². The summed E-state index contributed by atoms with van der Waals surface area (Å²) in [6.07, 6.45) is 4.56. The van der Waals surface area contributed by atoms with Gasteiger partial charge < -0.3 is 19.5 Å². The average Bonchev–Trinajstić information content (AvgIpc) is 3.94. The van der Waals surface area contributed by atoms with Gasteiger partial charge in [0.2, 0.25) is 0 Å². The van der Waals surface area contributed by atoms with Crippen molar-refractivity contribution in [3.63, 3.8) is 0 Å². The Morgan fingerprint density at radius 3 is 2.77 bits per heavy atom. The van der Waals surface area contributed by atoms with Crippen LogP contribution in [0.3, 0.4) is 0 Å². The van der Waals surface area contributed by atoms with Crippen molar-refractivity contribution >= 4 is 28.4 Å². The summed E-state index contributed by atoms with van der Waals surface area (Å²) in [7, 11) is 1.65. The second-order valence-corrected chi connectivity index (χ2v) is 12.7.